The zero-order chi connectivity index (χ0) is 19.8. The van der Waals surface area contributed by atoms with E-state index in [0.29, 0.717) is 6.42 Å². The molecule has 160 valence electrons. The summed E-state index contributed by atoms with van der Waals surface area (Å²) >= 11 is 0. The van der Waals surface area contributed by atoms with Crippen LogP contribution in [0.4, 0.5) is 0 Å². The number of unbranched alkanes of at least 4 members (excludes halogenated alkanes) is 19. The van der Waals surface area contributed by atoms with Gasteiger partial charge in [-0.1, -0.05) is 135 Å². The van der Waals surface area contributed by atoms with E-state index in [1.807, 2.05) is 0 Å². The van der Waals surface area contributed by atoms with E-state index in [1.165, 1.54) is 122 Å². The molecule has 2 heteroatoms. The van der Waals surface area contributed by atoms with E-state index in [4.69, 9.17) is 4.74 Å². The standard InChI is InChI=1S/C25H48O2/c1-3-5-6-7-8-9-10-11-12-13-14-15-16-17-18-19-20-21-22-23-24-25(26)27-4-2/h4H,2-3,5-24H2,1H3. The van der Waals surface area contributed by atoms with Gasteiger partial charge in [0.1, 0.15) is 0 Å². The third-order valence-corrected chi connectivity index (χ3v) is 5.45. The van der Waals surface area contributed by atoms with Crippen molar-refractivity contribution in [3.05, 3.63) is 12.8 Å². The van der Waals surface area contributed by atoms with Gasteiger partial charge in [-0.3, -0.25) is 4.79 Å². The lowest BCUT2D eigenvalue weighted by Gasteiger charge is -2.04. The summed E-state index contributed by atoms with van der Waals surface area (Å²) in [6, 6.07) is 0. The molecule has 0 unspecified atom stereocenters. The van der Waals surface area contributed by atoms with Crippen molar-refractivity contribution < 1.29 is 9.53 Å². The first kappa shape index (κ1) is 26.2. The molecule has 0 aromatic carbocycles. The van der Waals surface area contributed by atoms with Crippen LogP contribution in [0.25, 0.3) is 0 Å². The normalized spacial score (nSPS) is 10.9. The van der Waals surface area contributed by atoms with E-state index in [9.17, 15) is 4.79 Å². The first-order valence-electron chi connectivity index (χ1n) is 12.1. The maximum Gasteiger partial charge on any atom is 0.310 e. The van der Waals surface area contributed by atoms with Crippen LogP contribution in [0, 0.1) is 0 Å². The van der Waals surface area contributed by atoms with Crippen LogP contribution in [-0.4, -0.2) is 5.97 Å². The van der Waals surface area contributed by atoms with Crippen molar-refractivity contribution in [1.29, 1.82) is 0 Å². The highest BCUT2D eigenvalue weighted by Crippen LogP contribution is 2.15. The quantitative estimate of drug-likeness (QED) is 0.106. The van der Waals surface area contributed by atoms with Crippen LogP contribution in [0.3, 0.4) is 0 Å². The molecular formula is C25H48O2. The summed E-state index contributed by atoms with van der Waals surface area (Å²) in [5, 5.41) is 0. The van der Waals surface area contributed by atoms with Crippen molar-refractivity contribution in [1.82, 2.24) is 0 Å². The Bertz CT molecular complexity index is 311. The van der Waals surface area contributed by atoms with E-state index in [-0.39, 0.29) is 5.97 Å². The van der Waals surface area contributed by atoms with Gasteiger partial charge in [0.25, 0.3) is 0 Å². The van der Waals surface area contributed by atoms with Gasteiger partial charge in [-0.15, -0.1) is 0 Å². The molecule has 0 rings (SSSR count). The average Bonchev–Trinajstić information content (AvgIpc) is 2.66. The molecular weight excluding hydrogens is 332 g/mol. The molecule has 0 aromatic rings. The lowest BCUT2D eigenvalue weighted by Crippen LogP contribution is -1.98. The van der Waals surface area contributed by atoms with Gasteiger partial charge in [0.05, 0.1) is 6.26 Å². The topological polar surface area (TPSA) is 26.3 Å². The van der Waals surface area contributed by atoms with E-state index >= 15 is 0 Å². The first-order chi connectivity index (χ1) is 13.3. The van der Waals surface area contributed by atoms with Gasteiger partial charge in [-0.05, 0) is 6.42 Å². The van der Waals surface area contributed by atoms with Gasteiger partial charge in [0.2, 0.25) is 0 Å². The highest BCUT2D eigenvalue weighted by molar-refractivity contribution is 5.69. The lowest BCUT2D eigenvalue weighted by atomic mass is 10.0. The van der Waals surface area contributed by atoms with Gasteiger partial charge in [-0.2, -0.15) is 0 Å². The second-order valence-corrected chi connectivity index (χ2v) is 8.12. The second kappa shape index (κ2) is 23.2. The molecule has 0 heterocycles. The Labute approximate surface area is 170 Å². The van der Waals surface area contributed by atoms with Crippen molar-refractivity contribution in [2.24, 2.45) is 0 Å². The van der Waals surface area contributed by atoms with Crippen molar-refractivity contribution >= 4 is 5.97 Å². The summed E-state index contributed by atoms with van der Waals surface area (Å²) in [5.41, 5.74) is 0. The number of rotatable bonds is 22. The molecule has 0 spiro atoms. The molecule has 0 aliphatic rings. The van der Waals surface area contributed by atoms with Gasteiger partial charge in [0.15, 0.2) is 0 Å². The smallest absolute Gasteiger partial charge is 0.310 e. The SMILES string of the molecule is C=COC(=O)CCCCCCCCCCCCCCCCCCCCCC. The maximum absolute atomic E-state index is 11.1. The van der Waals surface area contributed by atoms with Crippen LogP contribution in [-0.2, 0) is 9.53 Å². The number of hydrogen-bond acceptors (Lipinski definition) is 2. The van der Waals surface area contributed by atoms with Crippen molar-refractivity contribution in [3.63, 3.8) is 0 Å². The number of carbonyl (C=O) groups excluding carboxylic acids is 1. The molecule has 0 atom stereocenters. The van der Waals surface area contributed by atoms with Crippen molar-refractivity contribution in [2.75, 3.05) is 0 Å². The highest BCUT2D eigenvalue weighted by Gasteiger charge is 2.00. The number of esters is 1. The number of ether oxygens (including phenoxy) is 1. The molecule has 0 amide bonds. The Balaban J connectivity index is 3.03. The minimum atomic E-state index is -0.146. The van der Waals surface area contributed by atoms with E-state index in [2.05, 4.69) is 13.5 Å². The number of carbonyl (C=O) groups is 1. The summed E-state index contributed by atoms with van der Waals surface area (Å²) in [6.07, 6.45) is 29.3. The Morgan fingerprint density at radius 2 is 0.889 bits per heavy atom. The lowest BCUT2D eigenvalue weighted by molar-refractivity contribution is -0.138. The van der Waals surface area contributed by atoms with E-state index < -0.39 is 0 Å². The maximum atomic E-state index is 11.1. The highest BCUT2D eigenvalue weighted by atomic mass is 16.5. The average molecular weight is 381 g/mol. The zero-order valence-corrected chi connectivity index (χ0v) is 18.5. The number of hydrogen-bond donors (Lipinski definition) is 0. The largest absolute Gasteiger partial charge is 0.435 e. The Kier molecular flexibility index (Phi) is 22.6. The van der Waals surface area contributed by atoms with Gasteiger partial charge in [0, 0.05) is 6.42 Å². The van der Waals surface area contributed by atoms with Gasteiger partial charge >= 0.3 is 5.97 Å². The van der Waals surface area contributed by atoms with E-state index in [0.717, 1.165) is 12.8 Å². The fourth-order valence-electron chi connectivity index (χ4n) is 3.68. The Morgan fingerprint density at radius 1 is 0.593 bits per heavy atom. The summed E-state index contributed by atoms with van der Waals surface area (Å²) in [6.45, 7) is 5.68. The third-order valence-electron chi connectivity index (χ3n) is 5.45. The predicted octanol–water partition coefficient (Wildman–Crippen LogP) is 8.89. The molecule has 0 saturated carbocycles. The zero-order valence-electron chi connectivity index (χ0n) is 18.5. The fraction of sp³-hybridized carbons (Fsp3) is 0.880. The van der Waals surface area contributed by atoms with Crippen molar-refractivity contribution in [3.8, 4) is 0 Å². The molecule has 0 aliphatic heterocycles. The molecule has 0 saturated heterocycles. The minimum absolute atomic E-state index is 0.146. The molecule has 27 heavy (non-hydrogen) atoms. The summed E-state index contributed by atoms with van der Waals surface area (Å²) in [7, 11) is 0. The Hall–Kier alpha value is -0.790. The molecule has 0 aromatic heterocycles. The molecule has 0 N–H and O–H groups in total. The van der Waals surface area contributed by atoms with Gasteiger partial charge in [-0.25, -0.2) is 0 Å². The minimum Gasteiger partial charge on any atom is -0.435 e. The monoisotopic (exact) mass is 380 g/mol. The predicted molar refractivity (Wildman–Crippen MR) is 119 cm³/mol. The summed E-state index contributed by atoms with van der Waals surface area (Å²) in [4.78, 5) is 11.1. The molecule has 2 nitrogen and oxygen atoms in total. The van der Waals surface area contributed by atoms with Gasteiger partial charge < -0.3 is 4.74 Å². The van der Waals surface area contributed by atoms with Crippen LogP contribution in [0.2, 0.25) is 0 Å². The van der Waals surface area contributed by atoms with Crippen LogP contribution in [0.1, 0.15) is 142 Å². The molecule has 0 bridgehead atoms. The second-order valence-electron chi connectivity index (χ2n) is 8.12. The summed E-state index contributed by atoms with van der Waals surface area (Å²) in [5.74, 6) is -0.146. The molecule has 0 fully saturated rings. The Morgan fingerprint density at radius 3 is 1.19 bits per heavy atom. The first-order valence-corrected chi connectivity index (χ1v) is 12.1. The summed E-state index contributed by atoms with van der Waals surface area (Å²) < 4.78 is 4.71. The van der Waals surface area contributed by atoms with Crippen LogP contribution in [0.15, 0.2) is 12.8 Å². The van der Waals surface area contributed by atoms with Crippen LogP contribution < -0.4 is 0 Å². The molecule has 0 radical (unpaired) electrons. The van der Waals surface area contributed by atoms with E-state index in [1.54, 1.807) is 0 Å². The fourth-order valence-corrected chi connectivity index (χ4v) is 3.68. The van der Waals surface area contributed by atoms with Crippen molar-refractivity contribution in [2.45, 2.75) is 142 Å². The molecule has 0 aliphatic carbocycles. The van der Waals surface area contributed by atoms with Crippen LogP contribution in [0.5, 0.6) is 0 Å². The third kappa shape index (κ3) is 23.2. The van der Waals surface area contributed by atoms with Crippen LogP contribution >= 0.6 is 0 Å².